The molecule has 1 aliphatic heterocycles. The van der Waals surface area contributed by atoms with Crippen LogP contribution in [0.4, 0.5) is 11.4 Å². The third-order valence-corrected chi connectivity index (χ3v) is 6.79. The molecule has 0 spiro atoms. The van der Waals surface area contributed by atoms with Gasteiger partial charge in [-0.05, 0) is 49.1 Å². The lowest BCUT2D eigenvalue weighted by Gasteiger charge is -2.34. The van der Waals surface area contributed by atoms with Gasteiger partial charge in [0.15, 0.2) is 6.61 Å². The number of rotatable bonds is 6. The van der Waals surface area contributed by atoms with Crippen LogP contribution in [0.2, 0.25) is 0 Å². The van der Waals surface area contributed by atoms with Gasteiger partial charge in [-0.2, -0.15) is 0 Å². The monoisotopic (exact) mass is 431 g/mol. The van der Waals surface area contributed by atoms with Gasteiger partial charge in [-0.25, -0.2) is 4.79 Å². The average Bonchev–Trinajstić information content (AvgIpc) is 2.74. The van der Waals surface area contributed by atoms with Crippen molar-refractivity contribution in [1.29, 1.82) is 0 Å². The van der Waals surface area contributed by atoms with Crippen molar-refractivity contribution in [3.8, 4) is 0 Å². The summed E-state index contributed by atoms with van der Waals surface area (Å²) in [6.07, 6.45) is 5.24. The molecule has 0 bridgehead atoms. The van der Waals surface area contributed by atoms with E-state index in [1.54, 1.807) is 6.07 Å². The summed E-state index contributed by atoms with van der Waals surface area (Å²) in [5, 5.41) is 14.6. The number of benzene rings is 1. The molecule has 2 aliphatic rings. The second-order valence-electron chi connectivity index (χ2n) is 9.17. The molecule has 0 aromatic heterocycles. The molecule has 4 atom stereocenters. The van der Waals surface area contributed by atoms with Crippen molar-refractivity contribution >= 4 is 23.3 Å². The Morgan fingerprint density at radius 2 is 1.97 bits per heavy atom. The first-order chi connectivity index (χ1) is 14.8. The molecule has 1 N–H and O–H groups in total. The highest BCUT2D eigenvalue weighted by Crippen LogP contribution is 2.33. The van der Waals surface area contributed by atoms with Gasteiger partial charge in [-0.15, -0.1) is 0 Å². The van der Waals surface area contributed by atoms with Crippen molar-refractivity contribution in [3.63, 3.8) is 0 Å². The summed E-state index contributed by atoms with van der Waals surface area (Å²) in [6.45, 7) is 7.56. The van der Waals surface area contributed by atoms with Gasteiger partial charge in [0.2, 0.25) is 0 Å². The van der Waals surface area contributed by atoms with E-state index in [0.717, 1.165) is 45.2 Å². The molecule has 2 fully saturated rings. The van der Waals surface area contributed by atoms with Crippen molar-refractivity contribution in [2.75, 3.05) is 24.6 Å². The van der Waals surface area contributed by atoms with Crippen LogP contribution in [0.3, 0.4) is 0 Å². The number of nitrogens with zero attached hydrogens (tertiary/aromatic N) is 2. The zero-order valence-corrected chi connectivity index (χ0v) is 18.6. The lowest BCUT2D eigenvalue weighted by Crippen LogP contribution is -2.45. The largest absolute Gasteiger partial charge is 0.452 e. The fourth-order valence-corrected chi connectivity index (χ4v) is 4.72. The number of ether oxygens (including phenoxy) is 1. The van der Waals surface area contributed by atoms with Crippen LogP contribution >= 0.6 is 0 Å². The van der Waals surface area contributed by atoms with E-state index in [1.165, 1.54) is 12.1 Å². The topological polar surface area (TPSA) is 102 Å². The van der Waals surface area contributed by atoms with Gasteiger partial charge >= 0.3 is 5.97 Å². The normalized spacial score (nSPS) is 26.2. The first kappa shape index (κ1) is 23.0. The Morgan fingerprint density at radius 1 is 1.19 bits per heavy atom. The average molecular weight is 432 g/mol. The van der Waals surface area contributed by atoms with E-state index in [4.69, 9.17) is 4.74 Å². The maximum absolute atomic E-state index is 12.4. The van der Waals surface area contributed by atoms with Gasteiger partial charge in [-0.3, -0.25) is 14.9 Å². The molecule has 1 saturated heterocycles. The Morgan fingerprint density at radius 3 is 2.68 bits per heavy atom. The molecular formula is C23H33N3O5. The first-order valence-electron chi connectivity index (χ1n) is 11.3. The predicted octanol–water partition coefficient (Wildman–Crippen LogP) is 3.93. The zero-order valence-electron chi connectivity index (χ0n) is 18.6. The third kappa shape index (κ3) is 5.74. The van der Waals surface area contributed by atoms with Crippen LogP contribution < -0.4 is 10.2 Å². The molecule has 1 heterocycles. The number of hydrogen-bond donors (Lipinski definition) is 1. The Bertz CT molecular complexity index is 827. The van der Waals surface area contributed by atoms with Gasteiger partial charge in [0.05, 0.1) is 10.5 Å². The van der Waals surface area contributed by atoms with Gasteiger partial charge in [0.25, 0.3) is 11.6 Å². The maximum atomic E-state index is 12.4. The Labute approximate surface area is 183 Å². The number of nitrogens with one attached hydrogen (secondary N) is 1. The Balaban J connectivity index is 1.61. The quantitative estimate of drug-likeness (QED) is 0.416. The second-order valence-corrected chi connectivity index (χ2v) is 9.17. The summed E-state index contributed by atoms with van der Waals surface area (Å²) in [7, 11) is 0. The van der Waals surface area contributed by atoms with E-state index in [0.29, 0.717) is 23.4 Å². The Hall–Kier alpha value is -2.64. The van der Waals surface area contributed by atoms with Crippen molar-refractivity contribution in [2.24, 2.45) is 17.8 Å². The maximum Gasteiger partial charge on any atom is 0.338 e. The first-order valence-corrected chi connectivity index (χ1v) is 11.3. The summed E-state index contributed by atoms with van der Waals surface area (Å²) < 4.78 is 5.14. The van der Waals surface area contributed by atoms with E-state index in [1.807, 2.05) is 4.90 Å². The summed E-state index contributed by atoms with van der Waals surface area (Å²) >= 11 is 0. The number of piperidine rings is 1. The fraction of sp³-hybridized carbons (Fsp3) is 0.652. The SMILES string of the molecule is C[C@H]1CCCN(c2ccc(C(=O)OCC(=O)N[C@@H]3CCC[C@H](C)[C@@H]3C)cc2[N+](=O)[O-])C1. The highest BCUT2D eigenvalue weighted by Gasteiger charge is 2.29. The summed E-state index contributed by atoms with van der Waals surface area (Å²) in [6, 6.07) is 4.48. The van der Waals surface area contributed by atoms with Gasteiger partial charge in [0.1, 0.15) is 5.69 Å². The number of carbonyl (C=O) groups is 2. The van der Waals surface area contributed by atoms with Crippen LogP contribution in [0.1, 0.15) is 63.2 Å². The standard InChI is InChI=1S/C23H33N3O5/c1-15-6-5-11-25(13-15)20-10-9-18(12-21(20)26(29)30)23(28)31-14-22(27)24-19-8-4-7-16(2)17(19)3/h9-10,12,15-17,19H,4-8,11,13-14H2,1-3H3,(H,24,27)/t15-,16-,17-,19+/m0/s1. The molecule has 31 heavy (non-hydrogen) atoms. The van der Waals surface area contributed by atoms with E-state index < -0.39 is 17.5 Å². The molecule has 1 aromatic rings. The molecule has 170 valence electrons. The minimum Gasteiger partial charge on any atom is -0.452 e. The summed E-state index contributed by atoms with van der Waals surface area (Å²) in [5.74, 6) is 0.311. The summed E-state index contributed by atoms with van der Waals surface area (Å²) in [5.41, 5.74) is 0.484. The smallest absolute Gasteiger partial charge is 0.338 e. The molecule has 1 amide bonds. The van der Waals surface area contributed by atoms with Crippen molar-refractivity contribution < 1.29 is 19.2 Å². The molecule has 1 aromatic carbocycles. The van der Waals surface area contributed by atoms with E-state index in [-0.39, 0.29) is 23.2 Å². The van der Waals surface area contributed by atoms with E-state index >= 15 is 0 Å². The minimum absolute atomic E-state index is 0.0768. The number of nitro groups is 1. The van der Waals surface area contributed by atoms with Crippen LogP contribution in [-0.4, -0.2) is 42.5 Å². The molecule has 0 unspecified atom stereocenters. The minimum atomic E-state index is -0.734. The van der Waals surface area contributed by atoms with Gasteiger partial charge in [0, 0.05) is 25.2 Å². The van der Waals surface area contributed by atoms with Crippen LogP contribution in [0.5, 0.6) is 0 Å². The summed E-state index contributed by atoms with van der Waals surface area (Å²) in [4.78, 5) is 37.9. The molecule has 8 nitrogen and oxygen atoms in total. The lowest BCUT2D eigenvalue weighted by atomic mass is 9.78. The molecule has 1 aliphatic carbocycles. The Kier molecular flexibility index (Phi) is 7.51. The van der Waals surface area contributed by atoms with Crippen LogP contribution in [0.25, 0.3) is 0 Å². The van der Waals surface area contributed by atoms with Crippen molar-refractivity contribution in [3.05, 3.63) is 33.9 Å². The van der Waals surface area contributed by atoms with E-state index in [2.05, 4.69) is 26.1 Å². The lowest BCUT2D eigenvalue weighted by molar-refractivity contribution is -0.384. The predicted molar refractivity (Wildman–Crippen MR) is 118 cm³/mol. The molecular weight excluding hydrogens is 398 g/mol. The second kappa shape index (κ2) is 10.1. The van der Waals surface area contributed by atoms with Crippen molar-refractivity contribution in [2.45, 2.75) is 58.9 Å². The molecule has 0 radical (unpaired) electrons. The number of esters is 1. The van der Waals surface area contributed by atoms with Crippen LogP contribution in [0, 0.1) is 27.9 Å². The number of amides is 1. The number of carbonyl (C=O) groups excluding carboxylic acids is 2. The highest BCUT2D eigenvalue weighted by molar-refractivity contribution is 5.93. The van der Waals surface area contributed by atoms with Gasteiger partial charge < -0.3 is 15.0 Å². The van der Waals surface area contributed by atoms with Crippen molar-refractivity contribution in [1.82, 2.24) is 5.32 Å². The highest BCUT2D eigenvalue weighted by atomic mass is 16.6. The number of anilines is 1. The number of hydrogen-bond acceptors (Lipinski definition) is 6. The molecule has 3 rings (SSSR count). The molecule has 1 saturated carbocycles. The van der Waals surface area contributed by atoms with Crippen LogP contribution in [0.15, 0.2) is 18.2 Å². The van der Waals surface area contributed by atoms with E-state index in [9.17, 15) is 19.7 Å². The zero-order chi connectivity index (χ0) is 22.5. The van der Waals surface area contributed by atoms with Gasteiger partial charge in [-0.1, -0.05) is 33.6 Å². The molecule has 8 heteroatoms. The fourth-order valence-electron chi connectivity index (χ4n) is 4.72. The van der Waals surface area contributed by atoms with Crippen LogP contribution in [-0.2, 0) is 9.53 Å². The third-order valence-electron chi connectivity index (χ3n) is 6.79. The number of nitro benzene ring substituents is 1.